The van der Waals surface area contributed by atoms with Gasteiger partial charge in [0.2, 0.25) is 0 Å². The SMILES string of the molecule is CCC(=O)c1cn(C)c2ccc(C(C)(C)C)c(F)c12. The van der Waals surface area contributed by atoms with E-state index in [0.717, 1.165) is 5.52 Å². The van der Waals surface area contributed by atoms with Crippen molar-refractivity contribution in [3.63, 3.8) is 0 Å². The van der Waals surface area contributed by atoms with Gasteiger partial charge in [0.05, 0.1) is 5.52 Å². The first-order valence-corrected chi connectivity index (χ1v) is 6.58. The maximum Gasteiger partial charge on any atom is 0.164 e. The number of fused-ring (bicyclic) bond motifs is 1. The summed E-state index contributed by atoms with van der Waals surface area (Å²) >= 11 is 0. The number of rotatable bonds is 2. The molecule has 1 aromatic heterocycles. The minimum atomic E-state index is -0.277. The molecule has 0 saturated heterocycles. The van der Waals surface area contributed by atoms with Gasteiger partial charge in [-0.2, -0.15) is 0 Å². The molecule has 2 nitrogen and oxygen atoms in total. The van der Waals surface area contributed by atoms with Crippen LogP contribution < -0.4 is 0 Å². The molecule has 0 aliphatic carbocycles. The molecule has 3 heteroatoms. The van der Waals surface area contributed by atoms with E-state index in [1.54, 1.807) is 13.1 Å². The Morgan fingerprint density at radius 3 is 2.47 bits per heavy atom. The lowest BCUT2D eigenvalue weighted by Gasteiger charge is -2.20. The number of carbonyl (C=O) groups excluding carboxylic acids is 1. The molecule has 0 saturated carbocycles. The number of aryl methyl sites for hydroxylation is 1. The van der Waals surface area contributed by atoms with E-state index in [4.69, 9.17) is 0 Å². The van der Waals surface area contributed by atoms with Gasteiger partial charge in [-0.15, -0.1) is 0 Å². The van der Waals surface area contributed by atoms with Crippen molar-refractivity contribution in [2.45, 2.75) is 39.5 Å². The maximum atomic E-state index is 14.8. The monoisotopic (exact) mass is 261 g/mol. The van der Waals surface area contributed by atoms with Crippen LogP contribution in [0, 0.1) is 5.82 Å². The largest absolute Gasteiger partial charge is 0.350 e. The standard InChI is InChI=1S/C16H20FNO/c1-6-13(19)10-9-18(5)12-8-7-11(16(2,3)4)15(17)14(10)12/h7-9H,6H2,1-5H3. The van der Waals surface area contributed by atoms with Gasteiger partial charge in [0.25, 0.3) is 0 Å². The Morgan fingerprint density at radius 1 is 1.32 bits per heavy atom. The van der Waals surface area contributed by atoms with Crippen molar-refractivity contribution in [1.82, 2.24) is 4.57 Å². The van der Waals surface area contributed by atoms with Gasteiger partial charge >= 0.3 is 0 Å². The van der Waals surface area contributed by atoms with Gasteiger partial charge in [0, 0.05) is 30.6 Å². The lowest BCUT2D eigenvalue weighted by molar-refractivity contribution is 0.0989. The summed E-state index contributed by atoms with van der Waals surface area (Å²) in [6.07, 6.45) is 2.12. The molecule has 0 bridgehead atoms. The van der Waals surface area contributed by atoms with Crippen LogP contribution in [0.5, 0.6) is 0 Å². The molecule has 102 valence electrons. The zero-order valence-electron chi connectivity index (χ0n) is 12.2. The number of halogens is 1. The van der Waals surface area contributed by atoms with Crippen LogP contribution in [0.2, 0.25) is 0 Å². The minimum Gasteiger partial charge on any atom is -0.350 e. The van der Waals surface area contributed by atoms with Crippen molar-refractivity contribution >= 4 is 16.7 Å². The molecule has 1 aromatic carbocycles. The molecular formula is C16H20FNO. The Labute approximate surface area is 113 Å². The zero-order valence-corrected chi connectivity index (χ0v) is 12.2. The molecule has 0 aliphatic heterocycles. The van der Waals surface area contributed by atoms with E-state index in [2.05, 4.69) is 0 Å². The Morgan fingerprint density at radius 2 is 1.95 bits per heavy atom. The fraction of sp³-hybridized carbons (Fsp3) is 0.438. The summed E-state index contributed by atoms with van der Waals surface area (Å²) in [5, 5.41) is 0.460. The molecular weight excluding hydrogens is 241 g/mol. The minimum absolute atomic E-state index is 0.0180. The van der Waals surface area contributed by atoms with E-state index in [1.165, 1.54) is 0 Å². The Bertz CT molecular complexity index is 647. The van der Waals surface area contributed by atoms with Gasteiger partial charge < -0.3 is 4.57 Å². The summed E-state index contributed by atoms with van der Waals surface area (Å²) in [7, 11) is 1.84. The van der Waals surface area contributed by atoms with E-state index in [0.29, 0.717) is 22.9 Å². The average molecular weight is 261 g/mol. The second-order valence-electron chi connectivity index (χ2n) is 6.00. The van der Waals surface area contributed by atoms with Crippen LogP contribution in [0.1, 0.15) is 50.0 Å². The van der Waals surface area contributed by atoms with Crippen LogP contribution in [0.3, 0.4) is 0 Å². The summed E-state index contributed by atoms with van der Waals surface area (Å²) in [4.78, 5) is 12.0. The number of hydrogen-bond donors (Lipinski definition) is 0. The van der Waals surface area contributed by atoms with Crippen molar-refractivity contribution in [3.05, 3.63) is 35.3 Å². The Hall–Kier alpha value is -1.64. The molecule has 0 amide bonds. The molecule has 0 spiro atoms. The van der Waals surface area contributed by atoms with E-state index >= 15 is 0 Å². The second kappa shape index (κ2) is 4.48. The fourth-order valence-corrected chi connectivity index (χ4v) is 2.42. The maximum absolute atomic E-state index is 14.8. The van der Waals surface area contributed by atoms with E-state index in [-0.39, 0.29) is 17.0 Å². The molecule has 2 aromatic rings. The topological polar surface area (TPSA) is 22.0 Å². The van der Waals surface area contributed by atoms with Gasteiger partial charge in [0.1, 0.15) is 5.82 Å². The summed E-state index contributed by atoms with van der Waals surface area (Å²) in [6.45, 7) is 7.72. The Kier molecular flexibility index (Phi) is 3.25. The highest BCUT2D eigenvalue weighted by molar-refractivity contribution is 6.08. The van der Waals surface area contributed by atoms with Gasteiger partial charge in [-0.1, -0.05) is 33.8 Å². The number of aromatic nitrogens is 1. The second-order valence-corrected chi connectivity index (χ2v) is 6.00. The third kappa shape index (κ3) is 2.18. The predicted molar refractivity (Wildman–Crippen MR) is 76.2 cm³/mol. The van der Waals surface area contributed by atoms with Crippen LogP contribution in [0.4, 0.5) is 4.39 Å². The number of hydrogen-bond acceptors (Lipinski definition) is 1. The normalized spacial score (nSPS) is 12.1. The highest BCUT2D eigenvalue weighted by atomic mass is 19.1. The molecule has 2 rings (SSSR count). The zero-order chi connectivity index (χ0) is 14.4. The first-order chi connectivity index (χ1) is 8.77. The molecule has 0 fully saturated rings. The summed E-state index contributed by atoms with van der Waals surface area (Å²) in [5.41, 5.74) is 1.63. The summed E-state index contributed by atoms with van der Waals surface area (Å²) in [6, 6.07) is 3.71. The highest BCUT2D eigenvalue weighted by Gasteiger charge is 2.24. The van der Waals surface area contributed by atoms with Crippen molar-refractivity contribution in [3.8, 4) is 0 Å². The van der Waals surface area contributed by atoms with Crippen LogP contribution in [-0.2, 0) is 12.5 Å². The number of carbonyl (C=O) groups is 1. The predicted octanol–water partition coefficient (Wildman–Crippen LogP) is 4.21. The van der Waals surface area contributed by atoms with Gasteiger partial charge in [-0.05, 0) is 17.0 Å². The summed E-state index contributed by atoms with van der Waals surface area (Å²) in [5.74, 6) is -0.280. The van der Waals surface area contributed by atoms with Crippen molar-refractivity contribution in [1.29, 1.82) is 0 Å². The van der Waals surface area contributed by atoms with Crippen molar-refractivity contribution in [2.75, 3.05) is 0 Å². The lowest BCUT2D eigenvalue weighted by Crippen LogP contribution is -2.14. The van der Waals surface area contributed by atoms with E-state index in [1.807, 2.05) is 44.5 Å². The van der Waals surface area contributed by atoms with Crippen LogP contribution >= 0.6 is 0 Å². The van der Waals surface area contributed by atoms with E-state index in [9.17, 15) is 9.18 Å². The number of nitrogens with zero attached hydrogens (tertiary/aromatic N) is 1. The van der Waals surface area contributed by atoms with Crippen molar-refractivity contribution in [2.24, 2.45) is 7.05 Å². The van der Waals surface area contributed by atoms with Crippen LogP contribution in [-0.4, -0.2) is 10.4 Å². The van der Waals surface area contributed by atoms with Crippen LogP contribution in [0.25, 0.3) is 10.9 Å². The Balaban J connectivity index is 2.84. The van der Waals surface area contributed by atoms with Gasteiger partial charge in [0.15, 0.2) is 5.78 Å². The molecule has 0 atom stereocenters. The first-order valence-electron chi connectivity index (χ1n) is 6.58. The molecule has 0 radical (unpaired) electrons. The molecule has 19 heavy (non-hydrogen) atoms. The van der Waals surface area contributed by atoms with Gasteiger partial charge in [-0.25, -0.2) is 4.39 Å². The molecule has 0 N–H and O–H groups in total. The highest BCUT2D eigenvalue weighted by Crippen LogP contribution is 2.32. The number of ketones is 1. The molecule has 1 heterocycles. The quantitative estimate of drug-likeness (QED) is 0.742. The molecule has 0 aliphatic rings. The lowest BCUT2D eigenvalue weighted by atomic mass is 9.85. The van der Waals surface area contributed by atoms with E-state index < -0.39 is 0 Å². The first kappa shape index (κ1) is 13.8. The smallest absolute Gasteiger partial charge is 0.164 e. The molecule has 0 unspecified atom stereocenters. The fourth-order valence-electron chi connectivity index (χ4n) is 2.42. The number of Topliss-reactive ketones (excluding diaryl/α,β-unsaturated/α-hetero) is 1. The van der Waals surface area contributed by atoms with Gasteiger partial charge in [-0.3, -0.25) is 4.79 Å². The third-order valence-corrected chi connectivity index (χ3v) is 3.52. The third-order valence-electron chi connectivity index (χ3n) is 3.52. The average Bonchev–Trinajstić information content (AvgIpc) is 2.66. The number of benzene rings is 1. The van der Waals surface area contributed by atoms with Crippen LogP contribution in [0.15, 0.2) is 18.3 Å². The summed E-state index contributed by atoms with van der Waals surface area (Å²) < 4.78 is 16.6. The van der Waals surface area contributed by atoms with Crippen molar-refractivity contribution < 1.29 is 9.18 Å².